The van der Waals surface area contributed by atoms with Crippen molar-refractivity contribution in [3.63, 3.8) is 0 Å². The summed E-state index contributed by atoms with van der Waals surface area (Å²) in [4.78, 5) is 22.2. The summed E-state index contributed by atoms with van der Waals surface area (Å²) >= 11 is 0. The molecule has 5 fully saturated rings. The van der Waals surface area contributed by atoms with Crippen LogP contribution in [0.4, 0.5) is 5.82 Å². The van der Waals surface area contributed by atoms with Crippen molar-refractivity contribution in [2.24, 2.45) is 17.8 Å². The Bertz CT molecular complexity index is 939. The van der Waals surface area contributed by atoms with Crippen LogP contribution in [0.1, 0.15) is 74.4 Å². The van der Waals surface area contributed by atoms with E-state index in [1.54, 1.807) is 0 Å². The minimum absolute atomic E-state index is 0.0167. The second-order valence-electron chi connectivity index (χ2n) is 10.3. The molecule has 0 saturated heterocycles. The summed E-state index contributed by atoms with van der Waals surface area (Å²) in [6, 6.07) is 0. The predicted molar refractivity (Wildman–Crippen MR) is 106 cm³/mol. The van der Waals surface area contributed by atoms with E-state index in [-0.39, 0.29) is 17.0 Å². The van der Waals surface area contributed by atoms with Crippen molar-refractivity contribution < 1.29 is 9.21 Å². The lowest BCUT2D eigenvalue weighted by molar-refractivity contribution is -0.0166. The van der Waals surface area contributed by atoms with Crippen LogP contribution in [-0.4, -0.2) is 27.0 Å². The van der Waals surface area contributed by atoms with Gasteiger partial charge in [-0.2, -0.15) is 0 Å². The molecule has 28 heavy (non-hydrogen) atoms. The molecule has 2 heterocycles. The van der Waals surface area contributed by atoms with Gasteiger partial charge in [0.25, 0.3) is 5.91 Å². The maximum atomic E-state index is 13.5. The summed E-state index contributed by atoms with van der Waals surface area (Å²) in [6.45, 7) is 4.04. The lowest BCUT2D eigenvalue weighted by atomic mass is 9.53. The van der Waals surface area contributed by atoms with E-state index in [0.717, 1.165) is 61.1 Å². The van der Waals surface area contributed by atoms with Crippen molar-refractivity contribution in [2.75, 3.05) is 5.32 Å². The highest BCUT2D eigenvalue weighted by Crippen LogP contribution is 2.55. The topological polar surface area (TPSA) is 80.1 Å². The second kappa shape index (κ2) is 5.49. The number of carbonyl (C=O) groups is 1. The predicted octanol–water partition coefficient (Wildman–Crippen LogP) is 4.19. The average molecular weight is 380 g/mol. The molecule has 0 aliphatic heterocycles. The first kappa shape index (κ1) is 16.8. The highest BCUT2D eigenvalue weighted by Gasteiger charge is 2.51. The third-order valence-corrected chi connectivity index (χ3v) is 7.73. The molecule has 7 rings (SSSR count). The monoisotopic (exact) mass is 380 g/mol. The number of fused-ring (bicyclic) bond motifs is 1. The first-order valence-electron chi connectivity index (χ1n) is 10.8. The van der Waals surface area contributed by atoms with E-state index in [4.69, 9.17) is 4.42 Å². The van der Waals surface area contributed by atoms with Gasteiger partial charge in [0.2, 0.25) is 5.71 Å². The van der Waals surface area contributed by atoms with Crippen LogP contribution in [0.15, 0.2) is 10.7 Å². The van der Waals surface area contributed by atoms with Crippen molar-refractivity contribution in [3.8, 4) is 0 Å². The Morgan fingerprint density at radius 2 is 1.75 bits per heavy atom. The van der Waals surface area contributed by atoms with Crippen molar-refractivity contribution in [1.82, 2.24) is 15.3 Å². The number of hydrogen-bond donors (Lipinski definition) is 2. The van der Waals surface area contributed by atoms with E-state index >= 15 is 0 Å². The summed E-state index contributed by atoms with van der Waals surface area (Å²) in [5, 5.41) is 7.73. The number of aromatic nitrogens is 2. The molecule has 2 aromatic rings. The molecule has 2 N–H and O–H groups in total. The van der Waals surface area contributed by atoms with Crippen molar-refractivity contribution in [1.29, 1.82) is 0 Å². The Kier molecular flexibility index (Phi) is 3.29. The van der Waals surface area contributed by atoms with Gasteiger partial charge >= 0.3 is 0 Å². The molecule has 5 saturated carbocycles. The molecule has 4 bridgehead atoms. The van der Waals surface area contributed by atoms with Crippen LogP contribution >= 0.6 is 0 Å². The summed E-state index contributed by atoms with van der Waals surface area (Å²) in [6.07, 6.45) is 11.3. The van der Waals surface area contributed by atoms with Gasteiger partial charge in [-0.25, -0.2) is 9.97 Å². The van der Waals surface area contributed by atoms with Crippen LogP contribution < -0.4 is 10.6 Å². The number of nitrogens with one attached hydrogen (secondary N) is 2. The fourth-order valence-electron chi connectivity index (χ4n) is 6.58. The Morgan fingerprint density at radius 3 is 2.36 bits per heavy atom. The van der Waals surface area contributed by atoms with Gasteiger partial charge in [-0.3, -0.25) is 4.79 Å². The molecular weight excluding hydrogens is 352 g/mol. The Labute approximate surface area is 164 Å². The molecule has 6 nitrogen and oxygen atoms in total. The number of nitrogens with zero attached hydrogens (tertiary/aromatic N) is 2. The van der Waals surface area contributed by atoms with Crippen molar-refractivity contribution >= 4 is 22.8 Å². The molecule has 1 amide bonds. The molecule has 2 aromatic heterocycles. The number of carbonyl (C=O) groups excluding carboxylic acids is 1. The Morgan fingerprint density at radius 1 is 1.11 bits per heavy atom. The summed E-state index contributed by atoms with van der Waals surface area (Å²) in [5.74, 6) is 3.72. The van der Waals surface area contributed by atoms with Crippen LogP contribution in [0.3, 0.4) is 0 Å². The molecule has 0 spiro atoms. The molecule has 0 aromatic carbocycles. The standard InChI is InChI=1S/C22H28N4O2/c1-12-16(17-18(25-21(2)3-4-21)23-11-24-20(17)28-12)19(27)26-22-8-13-5-14(9-22)7-15(6-13)10-22/h11,13-15H,3-10H2,1-2H3,(H,26,27)(H,23,24,25). The zero-order valence-corrected chi connectivity index (χ0v) is 16.7. The number of rotatable bonds is 4. The zero-order valence-electron chi connectivity index (χ0n) is 16.7. The van der Waals surface area contributed by atoms with Crippen LogP contribution in [0, 0.1) is 24.7 Å². The highest BCUT2D eigenvalue weighted by molar-refractivity contribution is 6.10. The largest absolute Gasteiger partial charge is 0.442 e. The maximum Gasteiger partial charge on any atom is 0.256 e. The van der Waals surface area contributed by atoms with Crippen molar-refractivity contribution in [2.45, 2.75) is 76.3 Å². The Balaban J connectivity index is 1.36. The number of hydrogen-bond acceptors (Lipinski definition) is 5. The Hall–Kier alpha value is -2.11. The maximum absolute atomic E-state index is 13.5. The van der Waals surface area contributed by atoms with Crippen LogP contribution in [0.5, 0.6) is 0 Å². The number of aryl methyl sites for hydroxylation is 1. The lowest BCUT2D eigenvalue weighted by Gasteiger charge is -2.56. The van der Waals surface area contributed by atoms with Gasteiger partial charge in [0.1, 0.15) is 17.9 Å². The van der Waals surface area contributed by atoms with E-state index in [0.29, 0.717) is 17.0 Å². The number of anilines is 1. The van der Waals surface area contributed by atoms with Gasteiger partial charge in [0, 0.05) is 11.1 Å². The molecule has 148 valence electrons. The van der Waals surface area contributed by atoms with E-state index < -0.39 is 0 Å². The number of amides is 1. The summed E-state index contributed by atoms with van der Waals surface area (Å²) < 4.78 is 5.86. The SMILES string of the molecule is Cc1oc2ncnc(NC3(C)CC3)c2c1C(=O)NC12CC3CC(CC(C3)C1)C2. The molecule has 5 aliphatic rings. The lowest BCUT2D eigenvalue weighted by Crippen LogP contribution is -2.59. The minimum Gasteiger partial charge on any atom is -0.442 e. The van der Waals surface area contributed by atoms with Gasteiger partial charge in [0.05, 0.1) is 10.9 Å². The fraction of sp³-hybridized carbons (Fsp3) is 0.682. The molecule has 5 aliphatic carbocycles. The van der Waals surface area contributed by atoms with E-state index in [9.17, 15) is 4.79 Å². The first-order valence-corrected chi connectivity index (χ1v) is 10.8. The van der Waals surface area contributed by atoms with Crippen LogP contribution in [0.25, 0.3) is 11.1 Å². The molecule has 0 radical (unpaired) electrons. The minimum atomic E-state index is -0.0203. The second-order valence-corrected chi connectivity index (χ2v) is 10.3. The number of furan rings is 1. The molecule has 6 heteroatoms. The third-order valence-electron chi connectivity index (χ3n) is 7.73. The smallest absolute Gasteiger partial charge is 0.256 e. The van der Waals surface area contributed by atoms with Gasteiger partial charge in [0.15, 0.2) is 0 Å². The molecular formula is C22H28N4O2. The highest BCUT2D eigenvalue weighted by atomic mass is 16.3. The third kappa shape index (κ3) is 2.56. The van der Waals surface area contributed by atoms with Gasteiger partial charge < -0.3 is 15.1 Å². The van der Waals surface area contributed by atoms with Crippen LogP contribution in [0.2, 0.25) is 0 Å². The van der Waals surface area contributed by atoms with Gasteiger partial charge in [-0.05, 0) is 83.0 Å². The summed E-state index contributed by atoms with van der Waals surface area (Å²) in [5.41, 5.74) is 1.15. The van der Waals surface area contributed by atoms with Crippen molar-refractivity contribution in [3.05, 3.63) is 17.7 Å². The zero-order chi connectivity index (χ0) is 19.1. The normalized spacial score (nSPS) is 34.6. The molecule has 0 unspecified atom stereocenters. The van der Waals surface area contributed by atoms with Crippen LogP contribution in [-0.2, 0) is 0 Å². The first-order chi connectivity index (χ1) is 13.4. The fourth-order valence-corrected chi connectivity index (χ4v) is 6.58. The van der Waals surface area contributed by atoms with Gasteiger partial charge in [-0.1, -0.05) is 0 Å². The van der Waals surface area contributed by atoms with E-state index in [1.807, 2.05) is 6.92 Å². The van der Waals surface area contributed by atoms with Gasteiger partial charge in [-0.15, -0.1) is 0 Å². The van der Waals surface area contributed by atoms with E-state index in [1.165, 1.54) is 25.6 Å². The average Bonchev–Trinajstić information content (AvgIpc) is 3.21. The quantitative estimate of drug-likeness (QED) is 0.831. The summed E-state index contributed by atoms with van der Waals surface area (Å²) in [7, 11) is 0. The van der Waals surface area contributed by atoms with E-state index in [2.05, 4.69) is 27.5 Å². The molecule has 0 atom stereocenters.